The standard InChI is InChI=1S/C17H22N2O/c1-3-17(6-7-17)12-19-16(20)15-10-13(2)9-14(11-15)5-4-8-18/h9-11H,3,6-8,12,18H2,1-2H3,(H,19,20). The van der Waals surface area contributed by atoms with Crippen LogP contribution < -0.4 is 11.1 Å². The second kappa shape index (κ2) is 6.11. The predicted molar refractivity (Wildman–Crippen MR) is 81.4 cm³/mol. The van der Waals surface area contributed by atoms with Crippen LogP contribution in [0.1, 0.15) is 47.7 Å². The number of benzene rings is 1. The Hall–Kier alpha value is -1.79. The Morgan fingerprint density at radius 2 is 2.15 bits per heavy atom. The average Bonchev–Trinajstić information content (AvgIpc) is 3.22. The van der Waals surface area contributed by atoms with Gasteiger partial charge in [-0.15, -0.1) is 0 Å². The van der Waals surface area contributed by atoms with E-state index in [0.717, 1.165) is 24.1 Å². The maximum absolute atomic E-state index is 12.2. The molecule has 0 unspecified atom stereocenters. The molecule has 0 aliphatic heterocycles. The highest BCUT2D eigenvalue weighted by molar-refractivity contribution is 5.94. The summed E-state index contributed by atoms with van der Waals surface area (Å²) in [5.41, 5.74) is 8.30. The molecule has 1 fully saturated rings. The van der Waals surface area contributed by atoms with Crippen molar-refractivity contribution < 1.29 is 4.79 Å². The van der Waals surface area contributed by atoms with Gasteiger partial charge in [-0.2, -0.15) is 0 Å². The van der Waals surface area contributed by atoms with Crippen LogP contribution in [0.15, 0.2) is 18.2 Å². The molecule has 2 rings (SSSR count). The second-order valence-electron chi connectivity index (χ2n) is 5.63. The van der Waals surface area contributed by atoms with E-state index in [1.165, 1.54) is 12.8 Å². The fraction of sp³-hybridized carbons (Fsp3) is 0.471. The van der Waals surface area contributed by atoms with Gasteiger partial charge in [0, 0.05) is 17.7 Å². The molecule has 0 radical (unpaired) electrons. The zero-order valence-corrected chi connectivity index (χ0v) is 12.3. The molecule has 3 nitrogen and oxygen atoms in total. The van der Waals surface area contributed by atoms with Gasteiger partial charge in [0.1, 0.15) is 0 Å². The number of aryl methyl sites for hydroxylation is 1. The topological polar surface area (TPSA) is 55.1 Å². The Kier molecular flexibility index (Phi) is 4.46. The van der Waals surface area contributed by atoms with Crippen LogP contribution in [0.2, 0.25) is 0 Å². The van der Waals surface area contributed by atoms with Crippen molar-refractivity contribution in [1.82, 2.24) is 5.32 Å². The van der Waals surface area contributed by atoms with Crippen LogP contribution in [0.4, 0.5) is 0 Å². The smallest absolute Gasteiger partial charge is 0.251 e. The van der Waals surface area contributed by atoms with E-state index in [4.69, 9.17) is 5.73 Å². The Morgan fingerprint density at radius 1 is 1.40 bits per heavy atom. The number of rotatable bonds is 4. The van der Waals surface area contributed by atoms with Gasteiger partial charge in [0.05, 0.1) is 6.54 Å². The van der Waals surface area contributed by atoms with Crippen molar-refractivity contribution in [1.29, 1.82) is 0 Å². The summed E-state index contributed by atoms with van der Waals surface area (Å²) in [6.45, 7) is 5.26. The highest BCUT2D eigenvalue weighted by Gasteiger charge is 2.40. The molecule has 0 saturated heterocycles. The van der Waals surface area contributed by atoms with Gasteiger partial charge in [-0.25, -0.2) is 0 Å². The maximum atomic E-state index is 12.2. The first-order chi connectivity index (χ1) is 9.58. The van der Waals surface area contributed by atoms with Crippen LogP contribution in [0.25, 0.3) is 0 Å². The number of amides is 1. The summed E-state index contributed by atoms with van der Waals surface area (Å²) >= 11 is 0. The zero-order chi connectivity index (χ0) is 14.6. The second-order valence-corrected chi connectivity index (χ2v) is 5.63. The lowest BCUT2D eigenvalue weighted by Gasteiger charge is -2.13. The van der Waals surface area contributed by atoms with Gasteiger partial charge in [-0.3, -0.25) is 4.79 Å². The third kappa shape index (κ3) is 3.61. The number of nitrogens with two attached hydrogens (primary N) is 1. The molecule has 1 saturated carbocycles. The molecule has 20 heavy (non-hydrogen) atoms. The van der Waals surface area contributed by atoms with E-state index in [2.05, 4.69) is 24.1 Å². The van der Waals surface area contributed by atoms with Crippen LogP contribution in [-0.4, -0.2) is 19.0 Å². The molecule has 106 valence electrons. The third-order valence-corrected chi connectivity index (χ3v) is 4.01. The van der Waals surface area contributed by atoms with Crippen molar-refractivity contribution in [2.75, 3.05) is 13.1 Å². The van der Waals surface area contributed by atoms with Gasteiger partial charge in [0.2, 0.25) is 0 Å². The van der Waals surface area contributed by atoms with E-state index < -0.39 is 0 Å². The summed E-state index contributed by atoms with van der Waals surface area (Å²) in [6, 6.07) is 5.69. The fourth-order valence-electron chi connectivity index (χ4n) is 2.34. The molecule has 0 spiro atoms. The summed E-state index contributed by atoms with van der Waals surface area (Å²) < 4.78 is 0. The molecule has 1 aromatic carbocycles. The maximum Gasteiger partial charge on any atom is 0.251 e. The molecule has 0 heterocycles. The van der Waals surface area contributed by atoms with Gasteiger partial charge in [0.25, 0.3) is 5.91 Å². The minimum absolute atomic E-state index is 0.00998. The fourth-order valence-corrected chi connectivity index (χ4v) is 2.34. The SMILES string of the molecule is CCC1(CNC(=O)c2cc(C)cc(C#CCN)c2)CC1. The minimum atomic E-state index is -0.00998. The van der Waals surface area contributed by atoms with Crippen LogP contribution in [-0.2, 0) is 0 Å². The van der Waals surface area contributed by atoms with Crippen LogP contribution in [0, 0.1) is 24.2 Å². The van der Waals surface area contributed by atoms with Gasteiger partial charge >= 0.3 is 0 Å². The van der Waals surface area contributed by atoms with Crippen molar-refractivity contribution in [2.45, 2.75) is 33.1 Å². The molecular weight excluding hydrogens is 248 g/mol. The van der Waals surface area contributed by atoms with E-state index >= 15 is 0 Å². The molecule has 0 aromatic heterocycles. The number of hydrogen-bond donors (Lipinski definition) is 2. The van der Waals surface area contributed by atoms with Gasteiger partial charge in [-0.05, 0) is 55.4 Å². The number of carbonyl (C=O) groups excluding carboxylic acids is 1. The number of hydrogen-bond acceptors (Lipinski definition) is 2. The molecule has 1 aliphatic carbocycles. The Bertz CT molecular complexity index is 562. The zero-order valence-electron chi connectivity index (χ0n) is 12.3. The van der Waals surface area contributed by atoms with Gasteiger partial charge in [0.15, 0.2) is 0 Å². The van der Waals surface area contributed by atoms with Gasteiger partial charge < -0.3 is 11.1 Å². The van der Waals surface area contributed by atoms with Crippen LogP contribution in [0.5, 0.6) is 0 Å². The first-order valence-electron chi connectivity index (χ1n) is 7.17. The Labute approximate surface area is 120 Å². The van der Waals surface area contributed by atoms with Crippen molar-refractivity contribution in [3.63, 3.8) is 0 Å². The largest absolute Gasteiger partial charge is 0.351 e. The monoisotopic (exact) mass is 270 g/mol. The van der Waals surface area contributed by atoms with E-state index in [-0.39, 0.29) is 5.91 Å². The number of carbonyl (C=O) groups is 1. The van der Waals surface area contributed by atoms with Crippen molar-refractivity contribution in [3.05, 3.63) is 34.9 Å². The normalized spacial score (nSPS) is 15.2. The quantitative estimate of drug-likeness (QED) is 0.824. The summed E-state index contributed by atoms with van der Waals surface area (Å²) in [5.74, 6) is 5.79. The molecule has 0 bridgehead atoms. The van der Waals surface area contributed by atoms with Crippen molar-refractivity contribution >= 4 is 5.91 Å². The molecule has 0 atom stereocenters. The van der Waals surface area contributed by atoms with Gasteiger partial charge in [-0.1, -0.05) is 18.8 Å². The third-order valence-electron chi connectivity index (χ3n) is 4.01. The lowest BCUT2D eigenvalue weighted by Crippen LogP contribution is -2.30. The molecule has 1 aliphatic rings. The Balaban J connectivity index is 2.07. The van der Waals surface area contributed by atoms with E-state index in [0.29, 0.717) is 17.5 Å². The minimum Gasteiger partial charge on any atom is -0.351 e. The highest BCUT2D eigenvalue weighted by Crippen LogP contribution is 2.47. The average molecular weight is 270 g/mol. The summed E-state index contributed by atoms with van der Waals surface area (Å²) in [6.07, 6.45) is 3.59. The first-order valence-corrected chi connectivity index (χ1v) is 7.17. The van der Waals surface area contributed by atoms with Crippen LogP contribution in [0.3, 0.4) is 0 Å². The summed E-state index contributed by atoms with van der Waals surface area (Å²) in [5, 5.41) is 3.05. The predicted octanol–water partition coefficient (Wildman–Crippen LogP) is 2.23. The van der Waals surface area contributed by atoms with E-state index in [9.17, 15) is 4.79 Å². The number of nitrogens with one attached hydrogen (secondary N) is 1. The molecule has 1 aromatic rings. The summed E-state index contributed by atoms with van der Waals surface area (Å²) in [4.78, 5) is 12.2. The Morgan fingerprint density at radius 3 is 2.75 bits per heavy atom. The van der Waals surface area contributed by atoms with E-state index in [1.54, 1.807) is 0 Å². The van der Waals surface area contributed by atoms with Crippen LogP contribution >= 0.6 is 0 Å². The first kappa shape index (κ1) is 14.6. The van der Waals surface area contributed by atoms with Crippen molar-refractivity contribution in [3.8, 4) is 11.8 Å². The lowest BCUT2D eigenvalue weighted by molar-refractivity contribution is 0.0944. The molecular formula is C17H22N2O. The summed E-state index contributed by atoms with van der Waals surface area (Å²) in [7, 11) is 0. The molecule has 1 amide bonds. The molecule has 3 heteroatoms. The lowest BCUT2D eigenvalue weighted by atomic mass is 10.0. The molecule has 3 N–H and O–H groups in total. The highest BCUT2D eigenvalue weighted by atomic mass is 16.1. The van der Waals surface area contributed by atoms with Crippen molar-refractivity contribution in [2.24, 2.45) is 11.1 Å². The van der Waals surface area contributed by atoms with E-state index in [1.807, 2.05) is 25.1 Å².